The molecular weight excluding hydrogens is 335 g/mol. The molecule has 1 heterocycles. The molecule has 0 aliphatic rings. The van der Waals surface area contributed by atoms with E-state index in [2.05, 4.69) is 15.3 Å². The SMILES string of the molecule is Cc1[nH]n(-c2ccccc2)c(=O)c1N=Nc1cc(Cl)ccc1Cl. The number of aromatic amines is 1. The van der Waals surface area contributed by atoms with Crippen LogP contribution >= 0.6 is 23.2 Å². The monoisotopic (exact) mass is 346 g/mol. The Morgan fingerprint density at radius 1 is 1.04 bits per heavy atom. The van der Waals surface area contributed by atoms with Crippen molar-refractivity contribution in [2.45, 2.75) is 6.92 Å². The van der Waals surface area contributed by atoms with Crippen LogP contribution in [0.25, 0.3) is 5.69 Å². The molecular formula is C16H12Cl2N4O. The van der Waals surface area contributed by atoms with Gasteiger partial charge in [0.25, 0.3) is 5.56 Å². The number of nitrogens with one attached hydrogen (secondary N) is 1. The molecule has 0 atom stereocenters. The summed E-state index contributed by atoms with van der Waals surface area (Å²) in [6, 6.07) is 14.1. The third kappa shape index (κ3) is 3.21. The fraction of sp³-hybridized carbons (Fsp3) is 0.0625. The van der Waals surface area contributed by atoms with E-state index in [-0.39, 0.29) is 11.2 Å². The van der Waals surface area contributed by atoms with E-state index in [0.29, 0.717) is 21.4 Å². The minimum atomic E-state index is -0.282. The number of aromatic nitrogens is 2. The van der Waals surface area contributed by atoms with E-state index in [0.717, 1.165) is 5.69 Å². The topological polar surface area (TPSA) is 62.5 Å². The zero-order valence-electron chi connectivity index (χ0n) is 12.1. The zero-order chi connectivity index (χ0) is 16.4. The van der Waals surface area contributed by atoms with Crippen LogP contribution in [-0.4, -0.2) is 9.78 Å². The molecule has 0 unspecified atom stereocenters. The molecule has 0 aliphatic heterocycles. The van der Waals surface area contributed by atoms with E-state index in [4.69, 9.17) is 23.2 Å². The number of para-hydroxylation sites is 1. The molecule has 0 saturated carbocycles. The van der Waals surface area contributed by atoms with Gasteiger partial charge in [-0.25, -0.2) is 4.68 Å². The van der Waals surface area contributed by atoms with Gasteiger partial charge >= 0.3 is 0 Å². The van der Waals surface area contributed by atoms with E-state index in [9.17, 15) is 4.79 Å². The molecule has 0 saturated heterocycles. The molecule has 0 aliphatic carbocycles. The number of benzene rings is 2. The van der Waals surface area contributed by atoms with Crippen molar-refractivity contribution in [2.24, 2.45) is 10.2 Å². The lowest BCUT2D eigenvalue weighted by atomic mass is 10.3. The molecule has 23 heavy (non-hydrogen) atoms. The highest BCUT2D eigenvalue weighted by Gasteiger charge is 2.12. The summed E-state index contributed by atoms with van der Waals surface area (Å²) in [5.74, 6) is 0. The normalized spacial score (nSPS) is 11.3. The van der Waals surface area contributed by atoms with Crippen molar-refractivity contribution in [3.05, 3.63) is 74.6 Å². The summed E-state index contributed by atoms with van der Waals surface area (Å²) in [6.07, 6.45) is 0. The number of nitrogens with zero attached hydrogens (tertiary/aromatic N) is 3. The van der Waals surface area contributed by atoms with Crippen molar-refractivity contribution in [3.63, 3.8) is 0 Å². The summed E-state index contributed by atoms with van der Waals surface area (Å²) in [6.45, 7) is 1.76. The summed E-state index contributed by atoms with van der Waals surface area (Å²) >= 11 is 12.0. The molecule has 5 nitrogen and oxygen atoms in total. The largest absolute Gasteiger partial charge is 0.299 e. The fourth-order valence-corrected chi connectivity index (χ4v) is 2.40. The van der Waals surface area contributed by atoms with Gasteiger partial charge in [-0.05, 0) is 37.3 Å². The molecule has 1 N–H and O–H groups in total. The second kappa shape index (κ2) is 6.40. The highest BCUT2D eigenvalue weighted by atomic mass is 35.5. The summed E-state index contributed by atoms with van der Waals surface area (Å²) in [7, 11) is 0. The first-order valence-electron chi connectivity index (χ1n) is 6.80. The van der Waals surface area contributed by atoms with Crippen LogP contribution in [0, 0.1) is 6.92 Å². The Balaban J connectivity index is 2.02. The Hall–Kier alpha value is -2.37. The van der Waals surface area contributed by atoms with Crippen LogP contribution in [0.2, 0.25) is 10.0 Å². The minimum Gasteiger partial charge on any atom is -0.293 e. The average Bonchev–Trinajstić information content (AvgIpc) is 2.84. The summed E-state index contributed by atoms with van der Waals surface area (Å²) in [5.41, 5.74) is 1.69. The van der Waals surface area contributed by atoms with Crippen molar-refractivity contribution in [1.82, 2.24) is 9.78 Å². The highest BCUT2D eigenvalue weighted by Crippen LogP contribution is 2.29. The van der Waals surface area contributed by atoms with Gasteiger partial charge in [0.05, 0.1) is 16.4 Å². The van der Waals surface area contributed by atoms with Gasteiger partial charge in [0.1, 0.15) is 5.69 Å². The number of halogens is 2. The van der Waals surface area contributed by atoms with Crippen LogP contribution < -0.4 is 5.56 Å². The first kappa shape index (κ1) is 15.5. The molecule has 0 fully saturated rings. The third-order valence-corrected chi connectivity index (χ3v) is 3.78. The van der Waals surface area contributed by atoms with Crippen molar-refractivity contribution < 1.29 is 0 Å². The molecule has 1 aromatic heterocycles. The van der Waals surface area contributed by atoms with Gasteiger partial charge in [0, 0.05) is 5.02 Å². The lowest BCUT2D eigenvalue weighted by Gasteiger charge is -1.99. The van der Waals surface area contributed by atoms with Crippen molar-refractivity contribution in [1.29, 1.82) is 0 Å². The van der Waals surface area contributed by atoms with Gasteiger partial charge in [0.15, 0.2) is 5.69 Å². The van der Waals surface area contributed by atoms with Gasteiger partial charge < -0.3 is 0 Å². The second-order valence-electron chi connectivity index (χ2n) is 4.86. The zero-order valence-corrected chi connectivity index (χ0v) is 13.6. The average molecular weight is 347 g/mol. The number of H-pyrrole nitrogens is 1. The van der Waals surface area contributed by atoms with Crippen LogP contribution in [0.3, 0.4) is 0 Å². The maximum atomic E-state index is 12.5. The standard InChI is InChI=1S/C16H12Cl2N4O/c1-10-15(20-19-14-9-11(17)7-8-13(14)18)16(23)22(21-10)12-5-3-2-4-6-12/h2-9,21H,1H3. The number of hydrogen-bond donors (Lipinski definition) is 1. The Bertz CT molecular complexity index is 929. The predicted molar refractivity (Wildman–Crippen MR) is 91.8 cm³/mol. The van der Waals surface area contributed by atoms with E-state index in [1.165, 1.54) is 4.68 Å². The lowest BCUT2D eigenvalue weighted by molar-refractivity contribution is 0.835. The number of azo groups is 1. The van der Waals surface area contributed by atoms with Crippen molar-refractivity contribution in [2.75, 3.05) is 0 Å². The third-order valence-electron chi connectivity index (χ3n) is 3.22. The van der Waals surface area contributed by atoms with Crippen molar-refractivity contribution in [3.8, 4) is 5.69 Å². The van der Waals surface area contributed by atoms with Crippen LogP contribution in [0.4, 0.5) is 11.4 Å². The quantitative estimate of drug-likeness (QED) is 0.651. The second-order valence-corrected chi connectivity index (χ2v) is 5.70. The van der Waals surface area contributed by atoms with Crippen LogP contribution in [0.15, 0.2) is 63.6 Å². The van der Waals surface area contributed by atoms with Crippen LogP contribution in [-0.2, 0) is 0 Å². The molecule has 0 radical (unpaired) electrons. The van der Waals surface area contributed by atoms with Crippen LogP contribution in [0.5, 0.6) is 0 Å². The van der Waals surface area contributed by atoms with Gasteiger partial charge in [-0.1, -0.05) is 41.4 Å². The summed E-state index contributed by atoms with van der Waals surface area (Å²) < 4.78 is 1.42. The first-order chi connectivity index (χ1) is 11.1. The van der Waals surface area contributed by atoms with Crippen molar-refractivity contribution >= 4 is 34.6 Å². The Morgan fingerprint density at radius 3 is 2.52 bits per heavy atom. The van der Waals surface area contributed by atoms with E-state index in [1.807, 2.05) is 30.3 Å². The number of rotatable bonds is 3. The van der Waals surface area contributed by atoms with E-state index < -0.39 is 0 Å². The first-order valence-corrected chi connectivity index (χ1v) is 7.55. The Morgan fingerprint density at radius 2 is 1.78 bits per heavy atom. The van der Waals surface area contributed by atoms with E-state index in [1.54, 1.807) is 25.1 Å². The fourth-order valence-electron chi connectivity index (χ4n) is 2.08. The maximum absolute atomic E-state index is 12.5. The molecule has 7 heteroatoms. The van der Waals surface area contributed by atoms with Gasteiger partial charge in [0.2, 0.25) is 0 Å². The van der Waals surface area contributed by atoms with E-state index >= 15 is 0 Å². The molecule has 2 aromatic carbocycles. The smallest absolute Gasteiger partial charge is 0.293 e. The van der Waals surface area contributed by atoms with Gasteiger partial charge in [-0.3, -0.25) is 9.89 Å². The molecule has 0 spiro atoms. The minimum absolute atomic E-state index is 0.227. The predicted octanol–water partition coefficient (Wildman–Crippen LogP) is 5.20. The number of hydrogen-bond acceptors (Lipinski definition) is 3. The summed E-state index contributed by atoms with van der Waals surface area (Å²) in [4.78, 5) is 12.5. The Labute approximate surface area is 142 Å². The highest BCUT2D eigenvalue weighted by molar-refractivity contribution is 6.35. The number of aryl methyl sites for hydroxylation is 1. The molecule has 0 amide bonds. The van der Waals surface area contributed by atoms with Crippen LogP contribution in [0.1, 0.15) is 5.69 Å². The molecule has 3 rings (SSSR count). The lowest BCUT2D eigenvalue weighted by Crippen LogP contribution is -2.13. The molecule has 0 bridgehead atoms. The maximum Gasteiger partial charge on any atom is 0.299 e. The Kier molecular flexibility index (Phi) is 4.32. The molecule has 3 aromatic rings. The summed E-state index contributed by atoms with van der Waals surface area (Å²) in [5, 5.41) is 12.0. The molecule has 116 valence electrons. The van der Waals surface area contributed by atoms with Gasteiger partial charge in [-0.15, -0.1) is 10.2 Å². The van der Waals surface area contributed by atoms with Gasteiger partial charge in [-0.2, -0.15) is 0 Å².